The number of halogens is 3. The molecule has 134 valence electrons. The minimum absolute atomic E-state index is 0.193. The number of rotatable bonds is 4. The van der Waals surface area contributed by atoms with E-state index in [9.17, 15) is 28.5 Å². The molecule has 11 heteroatoms. The van der Waals surface area contributed by atoms with Crippen LogP contribution in [0.4, 0.5) is 29.7 Å². The van der Waals surface area contributed by atoms with Crippen LogP contribution >= 0.6 is 11.3 Å². The number of hydrogen-bond donors (Lipinski definition) is 1. The molecule has 1 aromatic carbocycles. The van der Waals surface area contributed by atoms with Gasteiger partial charge in [0.1, 0.15) is 0 Å². The van der Waals surface area contributed by atoms with E-state index in [-0.39, 0.29) is 22.1 Å². The van der Waals surface area contributed by atoms with E-state index in [1.54, 1.807) is 0 Å². The molecule has 0 aliphatic rings. The molecule has 0 aliphatic heterocycles. The van der Waals surface area contributed by atoms with Crippen molar-refractivity contribution in [3.63, 3.8) is 0 Å². The number of hydrogen-bond acceptors (Lipinski definition) is 6. The van der Waals surface area contributed by atoms with Gasteiger partial charge in [0.15, 0.2) is 11.3 Å². The highest BCUT2D eigenvalue weighted by Crippen LogP contribution is 2.32. The van der Waals surface area contributed by atoms with Gasteiger partial charge in [-0.2, -0.15) is 17.9 Å². The molecule has 0 saturated carbocycles. The van der Waals surface area contributed by atoms with E-state index in [4.69, 9.17) is 0 Å². The SMILES string of the molecule is O=[N+]([O-])c1cc(-c2csc(Nc3cccc(C(F)(F)F)c3)n2)c[n+]([O-])c1. The highest BCUT2D eigenvalue weighted by molar-refractivity contribution is 7.14. The van der Waals surface area contributed by atoms with E-state index < -0.39 is 22.4 Å². The summed E-state index contributed by atoms with van der Waals surface area (Å²) in [6.07, 6.45) is -2.52. The molecule has 1 N–H and O–H groups in total. The van der Waals surface area contributed by atoms with Crippen molar-refractivity contribution in [1.82, 2.24) is 4.98 Å². The summed E-state index contributed by atoms with van der Waals surface area (Å²) in [7, 11) is 0. The van der Waals surface area contributed by atoms with E-state index in [0.717, 1.165) is 35.9 Å². The van der Waals surface area contributed by atoms with Crippen LogP contribution in [-0.2, 0) is 6.18 Å². The summed E-state index contributed by atoms with van der Waals surface area (Å²) in [5.41, 5.74) is -0.484. The van der Waals surface area contributed by atoms with Gasteiger partial charge in [0, 0.05) is 17.1 Å². The number of nitrogens with one attached hydrogen (secondary N) is 1. The summed E-state index contributed by atoms with van der Waals surface area (Å²) in [6.45, 7) is 0. The number of benzene rings is 1. The second-order valence-electron chi connectivity index (χ2n) is 5.14. The Morgan fingerprint density at radius 3 is 2.69 bits per heavy atom. The Labute approximate surface area is 148 Å². The Hall–Kier alpha value is -3.21. The van der Waals surface area contributed by atoms with Gasteiger partial charge >= 0.3 is 11.9 Å². The van der Waals surface area contributed by atoms with E-state index in [2.05, 4.69) is 10.3 Å². The van der Waals surface area contributed by atoms with Crippen molar-refractivity contribution in [2.45, 2.75) is 6.18 Å². The number of thiazole rings is 1. The Bertz CT molecular complexity index is 975. The maximum absolute atomic E-state index is 12.7. The second-order valence-corrected chi connectivity index (χ2v) is 6.00. The van der Waals surface area contributed by atoms with Gasteiger partial charge in [-0.15, -0.1) is 11.3 Å². The van der Waals surface area contributed by atoms with Crippen LogP contribution < -0.4 is 10.0 Å². The summed E-state index contributed by atoms with van der Waals surface area (Å²) in [5.74, 6) is 0. The van der Waals surface area contributed by atoms with Crippen molar-refractivity contribution in [3.05, 3.63) is 69.0 Å². The molecular weight excluding hydrogens is 373 g/mol. The van der Waals surface area contributed by atoms with Crippen LogP contribution in [0.25, 0.3) is 11.3 Å². The third kappa shape index (κ3) is 3.88. The first-order valence-electron chi connectivity index (χ1n) is 7.01. The molecule has 3 rings (SSSR count). The van der Waals surface area contributed by atoms with E-state index in [0.29, 0.717) is 4.73 Å². The molecule has 0 fully saturated rings. The lowest BCUT2D eigenvalue weighted by atomic mass is 10.2. The molecule has 26 heavy (non-hydrogen) atoms. The number of nitrogens with zero attached hydrogens (tertiary/aromatic N) is 3. The molecule has 2 aromatic heterocycles. The van der Waals surface area contributed by atoms with Gasteiger partial charge in [-0.1, -0.05) is 6.07 Å². The molecule has 0 bridgehead atoms. The standard InChI is InChI=1S/C15H9F3N4O3S/c16-15(17,18)10-2-1-3-11(5-10)19-14-20-13(8-26-14)9-4-12(22(24)25)7-21(23)6-9/h1-8H,(H,19,20). The van der Waals surface area contributed by atoms with E-state index >= 15 is 0 Å². The highest BCUT2D eigenvalue weighted by Gasteiger charge is 2.30. The van der Waals surface area contributed by atoms with Crippen LogP contribution in [0.1, 0.15) is 5.56 Å². The second kappa shape index (κ2) is 6.59. The molecule has 0 amide bonds. The number of nitro groups is 1. The summed E-state index contributed by atoms with van der Waals surface area (Å²) in [4.78, 5) is 14.3. The van der Waals surface area contributed by atoms with Crippen LogP contribution in [0.2, 0.25) is 0 Å². The topological polar surface area (TPSA) is 95.0 Å². The smallest absolute Gasteiger partial charge is 0.416 e. The predicted octanol–water partition coefficient (Wildman–Crippen LogP) is 4.11. The fourth-order valence-corrected chi connectivity index (χ4v) is 2.88. The van der Waals surface area contributed by atoms with E-state index in [1.165, 1.54) is 23.6 Å². The van der Waals surface area contributed by atoms with Crippen LogP contribution in [0.15, 0.2) is 48.1 Å². The number of anilines is 2. The Balaban J connectivity index is 1.86. The average Bonchev–Trinajstić information content (AvgIpc) is 3.02. The zero-order valence-electron chi connectivity index (χ0n) is 12.7. The summed E-state index contributed by atoms with van der Waals surface area (Å²) >= 11 is 1.09. The van der Waals surface area contributed by atoms with Crippen molar-refractivity contribution in [2.75, 3.05) is 5.32 Å². The maximum atomic E-state index is 12.7. The lowest BCUT2D eigenvalue weighted by molar-refractivity contribution is -0.609. The first kappa shape index (κ1) is 17.6. The van der Waals surface area contributed by atoms with E-state index in [1.807, 2.05) is 0 Å². The lowest BCUT2D eigenvalue weighted by Crippen LogP contribution is -2.25. The molecule has 2 heterocycles. The normalized spacial score (nSPS) is 11.3. The fraction of sp³-hybridized carbons (Fsp3) is 0.0667. The minimum atomic E-state index is -4.46. The molecule has 0 atom stereocenters. The predicted molar refractivity (Wildman–Crippen MR) is 87.9 cm³/mol. The summed E-state index contributed by atoms with van der Waals surface area (Å²) in [6, 6.07) is 5.81. The molecule has 0 aliphatic carbocycles. The van der Waals surface area contributed by atoms with Crippen molar-refractivity contribution < 1.29 is 22.8 Å². The Kier molecular flexibility index (Phi) is 4.47. The van der Waals surface area contributed by atoms with Gasteiger partial charge in [-0.3, -0.25) is 10.1 Å². The Morgan fingerprint density at radius 1 is 1.23 bits per heavy atom. The fourth-order valence-electron chi connectivity index (χ4n) is 2.14. The largest absolute Gasteiger partial charge is 0.619 e. The molecule has 0 spiro atoms. The molecule has 0 saturated heterocycles. The number of aromatic nitrogens is 2. The van der Waals surface area contributed by atoms with Crippen molar-refractivity contribution >= 4 is 27.8 Å². The molecule has 3 aromatic rings. The average molecular weight is 382 g/mol. The van der Waals surface area contributed by atoms with Crippen molar-refractivity contribution in [2.24, 2.45) is 0 Å². The zero-order valence-corrected chi connectivity index (χ0v) is 13.5. The molecule has 0 radical (unpaired) electrons. The molecule has 0 unspecified atom stereocenters. The van der Waals surface area contributed by atoms with Crippen LogP contribution in [0.5, 0.6) is 0 Å². The van der Waals surface area contributed by atoms with Gasteiger partial charge in [-0.25, -0.2) is 4.98 Å². The van der Waals surface area contributed by atoms with Gasteiger partial charge in [0.25, 0.3) is 6.20 Å². The summed E-state index contributed by atoms with van der Waals surface area (Å²) in [5, 5.41) is 26.9. The minimum Gasteiger partial charge on any atom is -0.619 e. The molecular formula is C15H9F3N4O3S. The van der Waals surface area contributed by atoms with Crippen LogP contribution in [0, 0.1) is 15.3 Å². The zero-order chi connectivity index (χ0) is 18.9. The van der Waals surface area contributed by atoms with Crippen molar-refractivity contribution in [3.8, 4) is 11.3 Å². The van der Waals surface area contributed by atoms with Gasteiger partial charge in [0.2, 0.25) is 0 Å². The van der Waals surface area contributed by atoms with Crippen LogP contribution in [0.3, 0.4) is 0 Å². The first-order chi connectivity index (χ1) is 12.2. The van der Waals surface area contributed by atoms with Gasteiger partial charge in [-0.05, 0) is 18.2 Å². The van der Waals surface area contributed by atoms with Crippen molar-refractivity contribution in [1.29, 1.82) is 0 Å². The highest BCUT2D eigenvalue weighted by atomic mass is 32.1. The van der Waals surface area contributed by atoms with Crippen LogP contribution in [-0.4, -0.2) is 9.91 Å². The quantitative estimate of drug-likeness (QED) is 0.317. The first-order valence-corrected chi connectivity index (χ1v) is 7.89. The number of pyridine rings is 1. The third-order valence-corrected chi connectivity index (χ3v) is 4.04. The van der Waals surface area contributed by atoms with Gasteiger partial charge in [0.05, 0.1) is 21.7 Å². The lowest BCUT2D eigenvalue weighted by Gasteiger charge is -2.08. The third-order valence-electron chi connectivity index (χ3n) is 3.28. The maximum Gasteiger partial charge on any atom is 0.416 e. The molecule has 7 nitrogen and oxygen atoms in total. The Morgan fingerprint density at radius 2 is 2.00 bits per heavy atom. The summed E-state index contributed by atoms with van der Waals surface area (Å²) < 4.78 is 38.5. The number of alkyl halides is 3. The monoisotopic (exact) mass is 382 g/mol. The van der Waals surface area contributed by atoms with Gasteiger partial charge < -0.3 is 10.5 Å².